The van der Waals surface area contributed by atoms with Gasteiger partial charge in [-0.2, -0.15) is 0 Å². The van der Waals surface area contributed by atoms with E-state index in [4.69, 9.17) is 9.47 Å². The Bertz CT molecular complexity index is 417. The molecule has 4 nitrogen and oxygen atoms in total. The molecule has 28 heavy (non-hydrogen) atoms. The first-order chi connectivity index (χ1) is 13.6. The molecular formula is C24H42O4. The number of rotatable bonds is 20. The van der Waals surface area contributed by atoms with E-state index in [1.165, 1.54) is 69.9 Å². The Morgan fingerprint density at radius 2 is 1.18 bits per heavy atom. The molecule has 0 heterocycles. The monoisotopic (exact) mass is 394 g/mol. The molecule has 0 spiro atoms. The van der Waals surface area contributed by atoms with Crippen LogP contribution in [0.2, 0.25) is 0 Å². The van der Waals surface area contributed by atoms with Gasteiger partial charge in [0.2, 0.25) is 0 Å². The Labute approximate surface area is 172 Å². The van der Waals surface area contributed by atoms with Crippen LogP contribution in [0.4, 0.5) is 0 Å². The van der Waals surface area contributed by atoms with Gasteiger partial charge in [-0.3, -0.25) is 0 Å². The van der Waals surface area contributed by atoms with Crippen molar-refractivity contribution in [3.05, 3.63) is 25.3 Å². The summed E-state index contributed by atoms with van der Waals surface area (Å²) in [7, 11) is 0. The van der Waals surface area contributed by atoms with Crippen LogP contribution in [-0.2, 0) is 19.1 Å². The predicted molar refractivity (Wildman–Crippen MR) is 116 cm³/mol. The van der Waals surface area contributed by atoms with Crippen LogP contribution in [0.25, 0.3) is 0 Å². The molecule has 0 saturated heterocycles. The molecule has 0 bridgehead atoms. The number of hydrogen-bond donors (Lipinski definition) is 0. The fourth-order valence-corrected chi connectivity index (χ4v) is 3.22. The molecule has 1 atom stereocenters. The number of ether oxygens (including phenoxy) is 2. The molecule has 0 aliphatic heterocycles. The molecule has 0 N–H and O–H groups in total. The van der Waals surface area contributed by atoms with Crippen LogP contribution >= 0.6 is 0 Å². The van der Waals surface area contributed by atoms with Crippen molar-refractivity contribution in [2.75, 3.05) is 6.61 Å². The number of unbranched alkanes of at least 4 members (excludes halogenated alkanes) is 11. The first kappa shape index (κ1) is 26.4. The van der Waals surface area contributed by atoms with E-state index in [2.05, 4.69) is 20.1 Å². The highest BCUT2D eigenvalue weighted by molar-refractivity contribution is 5.81. The zero-order valence-electron chi connectivity index (χ0n) is 18.1. The third kappa shape index (κ3) is 17.8. The summed E-state index contributed by atoms with van der Waals surface area (Å²) in [4.78, 5) is 22.4. The molecule has 0 rings (SSSR count). The maximum absolute atomic E-state index is 11.5. The van der Waals surface area contributed by atoms with Gasteiger partial charge >= 0.3 is 11.9 Å². The lowest BCUT2D eigenvalue weighted by atomic mass is 10.0. The largest absolute Gasteiger partial charge is 0.463 e. The Morgan fingerprint density at radius 3 is 1.68 bits per heavy atom. The Balaban J connectivity index is 3.59. The standard InChI is InChI=1S/C24H42O4/c1-4-7-8-16-19-22(28-24(26)6-3)20-17-14-12-10-9-11-13-15-18-21-27-23(25)5-2/h5-6,22H,2-4,7-21H2,1H3. The van der Waals surface area contributed by atoms with E-state index < -0.39 is 0 Å². The summed E-state index contributed by atoms with van der Waals surface area (Å²) in [5.41, 5.74) is 0. The van der Waals surface area contributed by atoms with Gasteiger partial charge in [-0.25, -0.2) is 9.59 Å². The fourth-order valence-electron chi connectivity index (χ4n) is 3.22. The molecule has 0 aliphatic carbocycles. The second kappa shape index (κ2) is 20.2. The van der Waals surface area contributed by atoms with E-state index in [0.29, 0.717) is 6.61 Å². The van der Waals surface area contributed by atoms with E-state index in [1.807, 2.05) is 0 Å². The van der Waals surface area contributed by atoms with E-state index in [9.17, 15) is 9.59 Å². The highest BCUT2D eigenvalue weighted by Gasteiger charge is 2.12. The molecule has 0 saturated carbocycles. The van der Waals surface area contributed by atoms with Gasteiger partial charge in [-0.05, 0) is 32.1 Å². The molecule has 0 radical (unpaired) electrons. The molecule has 4 heteroatoms. The molecule has 0 amide bonds. The van der Waals surface area contributed by atoms with Crippen molar-refractivity contribution in [3.63, 3.8) is 0 Å². The second-order valence-corrected chi connectivity index (χ2v) is 7.45. The van der Waals surface area contributed by atoms with Gasteiger partial charge in [-0.1, -0.05) is 84.3 Å². The summed E-state index contributed by atoms with van der Waals surface area (Å²) in [6.45, 7) is 9.58. The number of carbonyl (C=O) groups excluding carboxylic acids is 2. The van der Waals surface area contributed by atoms with Crippen LogP contribution in [0, 0.1) is 0 Å². The first-order valence-corrected chi connectivity index (χ1v) is 11.3. The van der Waals surface area contributed by atoms with Crippen molar-refractivity contribution in [1.29, 1.82) is 0 Å². The van der Waals surface area contributed by atoms with Gasteiger partial charge in [0, 0.05) is 12.2 Å². The maximum atomic E-state index is 11.5. The SMILES string of the molecule is C=CC(=O)OCCCCCCCCCCCC(CCCCCC)OC(=O)C=C. The Hall–Kier alpha value is -1.58. The molecule has 162 valence electrons. The van der Waals surface area contributed by atoms with Gasteiger partial charge in [0.1, 0.15) is 6.10 Å². The molecular weight excluding hydrogens is 352 g/mol. The van der Waals surface area contributed by atoms with Crippen molar-refractivity contribution in [2.24, 2.45) is 0 Å². The third-order valence-electron chi connectivity index (χ3n) is 4.91. The number of carbonyl (C=O) groups is 2. The highest BCUT2D eigenvalue weighted by atomic mass is 16.5. The van der Waals surface area contributed by atoms with Gasteiger partial charge in [0.25, 0.3) is 0 Å². The van der Waals surface area contributed by atoms with Crippen molar-refractivity contribution in [3.8, 4) is 0 Å². The van der Waals surface area contributed by atoms with E-state index in [0.717, 1.165) is 38.5 Å². The summed E-state index contributed by atoms with van der Waals surface area (Å²) < 4.78 is 10.5. The lowest BCUT2D eigenvalue weighted by Gasteiger charge is -2.17. The normalized spacial score (nSPS) is 11.6. The average Bonchev–Trinajstić information content (AvgIpc) is 2.71. The summed E-state index contributed by atoms with van der Waals surface area (Å²) in [6, 6.07) is 0. The van der Waals surface area contributed by atoms with E-state index in [-0.39, 0.29) is 18.0 Å². The van der Waals surface area contributed by atoms with Crippen molar-refractivity contribution in [2.45, 2.75) is 109 Å². The zero-order valence-corrected chi connectivity index (χ0v) is 18.1. The van der Waals surface area contributed by atoms with Crippen LogP contribution in [0.15, 0.2) is 25.3 Å². The van der Waals surface area contributed by atoms with Crippen LogP contribution in [0.1, 0.15) is 103 Å². The fraction of sp³-hybridized carbons (Fsp3) is 0.750. The minimum atomic E-state index is -0.331. The number of esters is 2. The van der Waals surface area contributed by atoms with Crippen LogP contribution in [0.3, 0.4) is 0 Å². The van der Waals surface area contributed by atoms with Gasteiger partial charge in [-0.15, -0.1) is 0 Å². The molecule has 1 unspecified atom stereocenters. The summed E-state index contributed by atoms with van der Waals surface area (Å²) in [5, 5.41) is 0. The lowest BCUT2D eigenvalue weighted by molar-refractivity contribution is -0.143. The van der Waals surface area contributed by atoms with Gasteiger partial charge in [0.05, 0.1) is 6.61 Å². The predicted octanol–water partition coefficient (Wildman–Crippen LogP) is 6.68. The Kier molecular flexibility index (Phi) is 19.0. The van der Waals surface area contributed by atoms with Gasteiger partial charge in [0.15, 0.2) is 0 Å². The topological polar surface area (TPSA) is 52.6 Å². The molecule has 0 aromatic heterocycles. The number of hydrogen-bond acceptors (Lipinski definition) is 4. The van der Waals surface area contributed by atoms with Crippen LogP contribution in [0.5, 0.6) is 0 Å². The first-order valence-electron chi connectivity index (χ1n) is 11.3. The van der Waals surface area contributed by atoms with Crippen molar-refractivity contribution < 1.29 is 19.1 Å². The van der Waals surface area contributed by atoms with E-state index >= 15 is 0 Å². The van der Waals surface area contributed by atoms with E-state index in [1.54, 1.807) is 0 Å². The average molecular weight is 395 g/mol. The van der Waals surface area contributed by atoms with Crippen molar-refractivity contribution in [1.82, 2.24) is 0 Å². The molecule has 0 aromatic rings. The van der Waals surface area contributed by atoms with Crippen molar-refractivity contribution >= 4 is 11.9 Å². The maximum Gasteiger partial charge on any atom is 0.330 e. The Morgan fingerprint density at radius 1 is 0.714 bits per heavy atom. The third-order valence-corrected chi connectivity index (χ3v) is 4.91. The molecule has 0 aromatic carbocycles. The van der Waals surface area contributed by atoms with Crippen LogP contribution in [-0.4, -0.2) is 24.6 Å². The summed E-state index contributed by atoms with van der Waals surface area (Å²) in [5.74, 6) is -0.623. The smallest absolute Gasteiger partial charge is 0.330 e. The quantitative estimate of drug-likeness (QED) is 0.131. The van der Waals surface area contributed by atoms with Crippen LogP contribution < -0.4 is 0 Å². The lowest BCUT2D eigenvalue weighted by Crippen LogP contribution is -2.16. The molecule has 0 fully saturated rings. The summed E-state index contributed by atoms with van der Waals surface area (Å²) >= 11 is 0. The second-order valence-electron chi connectivity index (χ2n) is 7.45. The minimum Gasteiger partial charge on any atom is -0.463 e. The summed E-state index contributed by atoms with van der Waals surface area (Å²) in [6.07, 6.45) is 19.9. The minimum absolute atomic E-state index is 0.0533. The zero-order chi connectivity index (χ0) is 20.9. The van der Waals surface area contributed by atoms with Gasteiger partial charge < -0.3 is 9.47 Å². The highest BCUT2D eigenvalue weighted by Crippen LogP contribution is 2.17. The molecule has 0 aliphatic rings.